The first kappa shape index (κ1) is 8.28. The van der Waals surface area contributed by atoms with Gasteiger partial charge >= 0.3 is 0 Å². The van der Waals surface area contributed by atoms with Gasteiger partial charge in [-0.2, -0.15) is 0 Å². The smallest absolute Gasteiger partial charge is 0.186 e. The second-order valence-electron chi connectivity index (χ2n) is 4.19. The summed E-state index contributed by atoms with van der Waals surface area (Å²) in [6.45, 7) is 2.12. The second-order valence-corrected chi connectivity index (χ2v) is 4.19. The van der Waals surface area contributed by atoms with Gasteiger partial charge in [0.2, 0.25) is 0 Å². The Kier molecular flexibility index (Phi) is 1.71. The summed E-state index contributed by atoms with van der Waals surface area (Å²) in [4.78, 5) is 0. The fourth-order valence-electron chi connectivity index (χ4n) is 2.25. The van der Waals surface area contributed by atoms with Crippen molar-refractivity contribution in [2.75, 3.05) is 0 Å². The number of hydrogen-bond acceptors (Lipinski definition) is 0. The van der Waals surface area contributed by atoms with E-state index in [1.165, 1.54) is 27.2 Å². The van der Waals surface area contributed by atoms with Crippen LogP contribution >= 0.6 is 0 Å². The van der Waals surface area contributed by atoms with Crippen molar-refractivity contribution in [2.24, 2.45) is 7.05 Å². The van der Waals surface area contributed by atoms with Crippen molar-refractivity contribution < 1.29 is 5.94 Å². The minimum Gasteiger partial charge on any atom is -0.205 e. The van der Waals surface area contributed by atoms with E-state index in [-0.39, 0.29) is 0 Å². The van der Waals surface area contributed by atoms with Crippen molar-refractivity contribution in [2.45, 2.75) is 6.92 Å². The van der Waals surface area contributed by atoms with E-state index in [9.17, 15) is 0 Å². The lowest BCUT2D eigenvalue weighted by Crippen LogP contribution is -2.31. The molecule has 0 amide bonds. The van der Waals surface area contributed by atoms with Gasteiger partial charge in [0.05, 0.1) is 6.76 Å². The number of pyridine rings is 1. The van der Waals surface area contributed by atoms with E-state index in [1.54, 1.807) is 0 Å². The van der Waals surface area contributed by atoms with Gasteiger partial charge in [-0.1, -0.05) is 36.4 Å². The molecule has 0 aliphatic carbocycles. The van der Waals surface area contributed by atoms with Crippen LogP contribution in [0.4, 0.5) is 0 Å². The maximum absolute atomic E-state index is 7.77. The van der Waals surface area contributed by atoms with Crippen LogP contribution in [0.15, 0.2) is 48.6 Å². The SMILES string of the molecule is [3H]c1ccc2ccc3cc[n+](C)c(C)c3c2c1. The van der Waals surface area contributed by atoms with Crippen LogP contribution in [0.3, 0.4) is 0 Å². The summed E-state index contributed by atoms with van der Waals surface area (Å²) in [7, 11) is 2.05. The molecule has 3 aromatic rings. The molecular formula is C15H14N+. The number of rotatable bonds is 0. The number of aromatic nitrogens is 1. The molecule has 16 heavy (non-hydrogen) atoms. The molecule has 2 aromatic carbocycles. The predicted octanol–water partition coefficient (Wildman–Crippen LogP) is 3.13. The molecule has 1 heteroatoms. The maximum atomic E-state index is 7.77. The molecule has 3 rings (SSSR count). The molecule has 0 aliphatic rings. The third-order valence-electron chi connectivity index (χ3n) is 3.27. The number of fused-ring (bicyclic) bond motifs is 3. The fraction of sp³-hybridized carbons (Fsp3) is 0.133. The largest absolute Gasteiger partial charge is 0.205 e. The molecule has 1 aromatic heterocycles. The Bertz CT molecular complexity index is 732. The molecule has 1 nitrogen and oxygen atoms in total. The normalized spacial score (nSPS) is 12.0. The van der Waals surface area contributed by atoms with Gasteiger partial charge in [-0.15, -0.1) is 0 Å². The highest BCUT2D eigenvalue weighted by Crippen LogP contribution is 2.25. The summed E-state index contributed by atoms with van der Waals surface area (Å²) < 4.78 is 9.89. The van der Waals surface area contributed by atoms with Gasteiger partial charge in [0.15, 0.2) is 11.9 Å². The van der Waals surface area contributed by atoms with Crippen LogP contribution < -0.4 is 4.57 Å². The molecule has 1 heterocycles. The molecule has 0 aliphatic heterocycles. The quantitative estimate of drug-likeness (QED) is 0.396. The van der Waals surface area contributed by atoms with Crippen LogP contribution in [0.1, 0.15) is 7.06 Å². The molecule has 0 spiro atoms. The third kappa shape index (κ3) is 1.21. The first-order valence-electron chi connectivity index (χ1n) is 5.95. The molecule has 0 radical (unpaired) electrons. The van der Waals surface area contributed by atoms with E-state index >= 15 is 0 Å². The highest BCUT2D eigenvalue weighted by atomic mass is 14.9. The zero-order valence-electron chi connectivity index (χ0n) is 10.5. The summed E-state index contributed by atoms with van der Waals surface area (Å²) in [5, 5.41) is 4.85. The van der Waals surface area contributed by atoms with Crippen molar-refractivity contribution in [3.05, 3.63) is 54.3 Å². The van der Waals surface area contributed by atoms with Crippen LogP contribution in [0.25, 0.3) is 21.5 Å². The molecular weight excluding hydrogens is 194 g/mol. The molecule has 0 bridgehead atoms. The molecule has 0 fully saturated rings. The van der Waals surface area contributed by atoms with E-state index in [4.69, 9.17) is 1.37 Å². The Morgan fingerprint density at radius 2 is 1.88 bits per heavy atom. The highest BCUT2D eigenvalue weighted by molar-refractivity contribution is 6.07. The number of nitrogens with zero attached hydrogens (tertiary/aromatic N) is 1. The lowest BCUT2D eigenvalue weighted by atomic mass is 10.0. The predicted molar refractivity (Wildman–Crippen MR) is 67.4 cm³/mol. The van der Waals surface area contributed by atoms with Crippen LogP contribution in [-0.2, 0) is 7.05 Å². The Morgan fingerprint density at radius 3 is 2.75 bits per heavy atom. The molecule has 0 N–H and O–H groups in total. The van der Waals surface area contributed by atoms with Crippen molar-refractivity contribution in [1.29, 1.82) is 0 Å². The van der Waals surface area contributed by atoms with Crippen molar-refractivity contribution in [3.8, 4) is 0 Å². The van der Waals surface area contributed by atoms with Crippen LogP contribution in [-0.4, -0.2) is 0 Å². The number of hydrogen-bond donors (Lipinski definition) is 0. The van der Waals surface area contributed by atoms with Gasteiger partial charge in [-0.3, -0.25) is 0 Å². The maximum Gasteiger partial charge on any atom is 0.186 e. The van der Waals surface area contributed by atoms with Crippen molar-refractivity contribution in [3.63, 3.8) is 0 Å². The molecule has 0 saturated heterocycles. The summed E-state index contributed by atoms with van der Waals surface area (Å²) in [5.41, 5.74) is 1.23. The second kappa shape index (κ2) is 3.31. The van der Waals surface area contributed by atoms with E-state index in [1.807, 2.05) is 18.2 Å². The van der Waals surface area contributed by atoms with Gasteiger partial charge in [0.25, 0.3) is 0 Å². The number of benzene rings is 2. The average molecular weight is 210 g/mol. The summed E-state index contributed by atoms with van der Waals surface area (Å²) in [6, 6.07) is 12.8. The monoisotopic (exact) mass is 210 g/mol. The minimum atomic E-state index is 0.566. The molecule has 0 saturated carbocycles. The fourth-order valence-corrected chi connectivity index (χ4v) is 2.25. The zero-order chi connectivity index (χ0) is 12.0. The Balaban J connectivity index is 2.61. The van der Waals surface area contributed by atoms with E-state index in [2.05, 4.69) is 42.9 Å². The standard InChI is InChI=1S/C15H14N/c1-11-15-13(9-10-16(11)2)8-7-12-5-3-4-6-14(12)15/h3-10H,1-2H3/q+1/i4T. The lowest BCUT2D eigenvalue weighted by molar-refractivity contribution is -0.676. The van der Waals surface area contributed by atoms with Crippen LogP contribution in [0.2, 0.25) is 0 Å². The highest BCUT2D eigenvalue weighted by Gasteiger charge is 2.09. The van der Waals surface area contributed by atoms with Crippen LogP contribution in [0, 0.1) is 6.92 Å². The van der Waals surface area contributed by atoms with Crippen molar-refractivity contribution in [1.82, 2.24) is 0 Å². The minimum absolute atomic E-state index is 0.566. The van der Waals surface area contributed by atoms with Crippen molar-refractivity contribution >= 4 is 21.5 Å². The topological polar surface area (TPSA) is 3.88 Å². The Morgan fingerprint density at radius 1 is 1.06 bits per heavy atom. The summed E-state index contributed by atoms with van der Waals surface area (Å²) >= 11 is 0. The van der Waals surface area contributed by atoms with Gasteiger partial charge in [-0.25, -0.2) is 4.57 Å². The molecule has 0 unspecified atom stereocenters. The Hall–Kier alpha value is -1.89. The molecule has 78 valence electrons. The van der Waals surface area contributed by atoms with Crippen LogP contribution in [0.5, 0.6) is 0 Å². The average Bonchev–Trinajstić information content (AvgIpc) is 2.33. The van der Waals surface area contributed by atoms with Gasteiger partial charge < -0.3 is 0 Å². The van der Waals surface area contributed by atoms with E-state index < -0.39 is 0 Å². The lowest BCUT2D eigenvalue weighted by Gasteiger charge is -2.04. The molecule has 0 atom stereocenters. The third-order valence-corrected chi connectivity index (χ3v) is 3.27. The van der Waals surface area contributed by atoms with Gasteiger partial charge in [0, 0.05) is 13.0 Å². The van der Waals surface area contributed by atoms with E-state index in [0.29, 0.717) is 6.04 Å². The first-order chi connectivity index (χ1) is 8.16. The zero-order valence-corrected chi connectivity index (χ0v) is 9.49. The number of aryl methyl sites for hydroxylation is 2. The summed E-state index contributed by atoms with van der Waals surface area (Å²) in [6.07, 6.45) is 2.08. The summed E-state index contributed by atoms with van der Waals surface area (Å²) in [5.74, 6) is 0. The van der Waals surface area contributed by atoms with Gasteiger partial charge in [0.1, 0.15) is 7.05 Å². The van der Waals surface area contributed by atoms with E-state index in [0.717, 1.165) is 0 Å². The first-order valence-corrected chi connectivity index (χ1v) is 5.45. The van der Waals surface area contributed by atoms with Gasteiger partial charge in [-0.05, 0) is 16.2 Å². The Labute approximate surface area is 96.4 Å².